The van der Waals surface area contributed by atoms with Gasteiger partial charge in [-0.2, -0.15) is 0 Å². The summed E-state index contributed by atoms with van der Waals surface area (Å²) in [5.41, 5.74) is 1.30. The molecule has 0 aliphatic heterocycles. The highest BCUT2D eigenvalue weighted by molar-refractivity contribution is 5.56. The molecule has 1 atom stereocenters. The molecule has 0 heterocycles. The lowest BCUT2D eigenvalue weighted by Gasteiger charge is -2.08. The van der Waals surface area contributed by atoms with Crippen molar-refractivity contribution in [2.75, 3.05) is 0 Å². The van der Waals surface area contributed by atoms with E-state index in [2.05, 4.69) is 6.92 Å². The number of aryl methyl sites for hydroxylation is 1. The Kier molecular flexibility index (Phi) is 4.17. The molecule has 0 fully saturated rings. The van der Waals surface area contributed by atoms with Crippen LogP contribution in [0.4, 0.5) is 0 Å². The van der Waals surface area contributed by atoms with Gasteiger partial charge in [0.25, 0.3) is 0 Å². The molecule has 14 heavy (non-hydrogen) atoms. The first kappa shape index (κ1) is 10.8. The van der Waals surface area contributed by atoms with E-state index in [0.717, 1.165) is 24.9 Å². The largest absolute Gasteiger partial charge is 0.483 e. The maximum absolute atomic E-state index is 10.4. The highest BCUT2D eigenvalue weighted by Crippen LogP contribution is 2.14. The monoisotopic (exact) mass is 192 g/mol. The summed E-state index contributed by atoms with van der Waals surface area (Å²) in [5, 5.41) is 0. The molecule has 76 valence electrons. The summed E-state index contributed by atoms with van der Waals surface area (Å²) in [6, 6.07) is 7.89. The molecule has 1 aromatic carbocycles. The molecule has 0 spiro atoms. The smallest absolute Gasteiger partial charge is 0.160 e. The Morgan fingerprint density at radius 2 is 2.00 bits per heavy atom. The van der Waals surface area contributed by atoms with E-state index in [0.29, 0.717) is 0 Å². The van der Waals surface area contributed by atoms with E-state index in [9.17, 15) is 4.79 Å². The predicted molar refractivity (Wildman–Crippen MR) is 56.6 cm³/mol. The number of ether oxygens (including phenoxy) is 1. The minimum atomic E-state index is -0.368. The average molecular weight is 192 g/mol. The lowest BCUT2D eigenvalue weighted by atomic mass is 10.1. The lowest BCUT2D eigenvalue weighted by Crippen LogP contribution is -2.12. The second-order valence-electron chi connectivity index (χ2n) is 3.35. The van der Waals surface area contributed by atoms with Crippen LogP contribution in [0.3, 0.4) is 0 Å². The van der Waals surface area contributed by atoms with Crippen molar-refractivity contribution in [2.45, 2.75) is 32.8 Å². The molecule has 1 unspecified atom stereocenters. The Morgan fingerprint density at radius 1 is 1.36 bits per heavy atom. The molecule has 1 aromatic rings. The fourth-order valence-corrected chi connectivity index (χ4v) is 1.27. The van der Waals surface area contributed by atoms with Crippen molar-refractivity contribution in [3.8, 4) is 5.75 Å². The molecule has 2 nitrogen and oxygen atoms in total. The molecule has 0 amide bonds. The van der Waals surface area contributed by atoms with Gasteiger partial charge >= 0.3 is 0 Å². The van der Waals surface area contributed by atoms with Gasteiger partial charge in [0.05, 0.1) is 0 Å². The standard InChI is InChI=1S/C12H16O2/c1-3-4-11-5-7-12(8-6-11)14-10(2)9-13/h5-10H,3-4H2,1-2H3. The number of aldehydes is 1. The molecule has 0 saturated heterocycles. The number of benzene rings is 1. The summed E-state index contributed by atoms with van der Waals surface area (Å²) >= 11 is 0. The Hall–Kier alpha value is -1.31. The summed E-state index contributed by atoms with van der Waals surface area (Å²) in [4.78, 5) is 10.4. The lowest BCUT2D eigenvalue weighted by molar-refractivity contribution is -0.113. The summed E-state index contributed by atoms with van der Waals surface area (Å²) in [6.45, 7) is 3.88. The van der Waals surface area contributed by atoms with Crippen LogP contribution in [0.5, 0.6) is 5.75 Å². The zero-order valence-electron chi connectivity index (χ0n) is 8.69. The van der Waals surface area contributed by atoms with Crippen molar-refractivity contribution in [1.82, 2.24) is 0 Å². The molecule has 0 bridgehead atoms. The minimum Gasteiger partial charge on any atom is -0.483 e. The van der Waals surface area contributed by atoms with Crippen LogP contribution in [0, 0.1) is 0 Å². The number of carbonyl (C=O) groups excluding carboxylic acids is 1. The summed E-state index contributed by atoms with van der Waals surface area (Å²) < 4.78 is 5.33. The zero-order chi connectivity index (χ0) is 10.4. The van der Waals surface area contributed by atoms with E-state index >= 15 is 0 Å². The van der Waals surface area contributed by atoms with E-state index in [1.807, 2.05) is 24.3 Å². The van der Waals surface area contributed by atoms with E-state index < -0.39 is 0 Å². The van der Waals surface area contributed by atoms with E-state index in [1.165, 1.54) is 5.56 Å². The number of rotatable bonds is 5. The molecular weight excluding hydrogens is 176 g/mol. The topological polar surface area (TPSA) is 26.3 Å². The molecule has 0 aromatic heterocycles. The van der Waals surface area contributed by atoms with Gasteiger partial charge in [0.15, 0.2) is 12.4 Å². The van der Waals surface area contributed by atoms with Crippen LogP contribution in [0.25, 0.3) is 0 Å². The molecule has 0 N–H and O–H groups in total. The second kappa shape index (κ2) is 5.43. The Balaban J connectivity index is 2.59. The van der Waals surface area contributed by atoms with Gasteiger partial charge in [-0.3, -0.25) is 4.79 Å². The maximum atomic E-state index is 10.4. The van der Waals surface area contributed by atoms with Crippen molar-refractivity contribution in [3.05, 3.63) is 29.8 Å². The highest BCUT2D eigenvalue weighted by atomic mass is 16.5. The van der Waals surface area contributed by atoms with Crippen molar-refractivity contribution >= 4 is 6.29 Å². The second-order valence-corrected chi connectivity index (χ2v) is 3.35. The van der Waals surface area contributed by atoms with Gasteiger partial charge in [-0.05, 0) is 31.0 Å². The zero-order valence-corrected chi connectivity index (χ0v) is 8.69. The molecule has 1 rings (SSSR count). The van der Waals surface area contributed by atoms with Gasteiger partial charge in [0, 0.05) is 0 Å². The SMILES string of the molecule is CCCc1ccc(OC(C)C=O)cc1. The highest BCUT2D eigenvalue weighted by Gasteiger charge is 2.00. The van der Waals surface area contributed by atoms with Gasteiger partial charge in [-0.25, -0.2) is 0 Å². The first-order chi connectivity index (χ1) is 6.76. The molecule has 0 radical (unpaired) electrons. The summed E-state index contributed by atoms with van der Waals surface area (Å²) in [6.07, 6.45) is 2.65. The quantitative estimate of drug-likeness (QED) is 0.670. The van der Waals surface area contributed by atoms with Crippen molar-refractivity contribution in [1.29, 1.82) is 0 Å². The Labute approximate surface area is 84.9 Å². The molecule has 0 aliphatic carbocycles. The van der Waals surface area contributed by atoms with Crippen LogP contribution in [0.1, 0.15) is 25.8 Å². The molecule has 0 aliphatic rings. The third-order valence-corrected chi connectivity index (χ3v) is 1.98. The normalized spacial score (nSPS) is 12.1. The molecule has 0 saturated carbocycles. The van der Waals surface area contributed by atoms with Crippen molar-refractivity contribution < 1.29 is 9.53 Å². The molecular formula is C12H16O2. The maximum Gasteiger partial charge on any atom is 0.160 e. The number of hydrogen-bond acceptors (Lipinski definition) is 2. The molecule has 2 heteroatoms. The van der Waals surface area contributed by atoms with Gasteiger partial charge in [0.1, 0.15) is 5.75 Å². The Morgan fingerprint density at radius 3 is 2.50 bits per heavy atom. The van der Waals surface area contributed by atoms with Gasteiger partial charge in [-0.1, -0.05) is 25.5 Å². The Bertz CT molecular complexity index is 277. The summed E-state index contributed by atoms with van der Waals surface area (Å²) in [7, 11) is 0. The van der Waals surface area contributed by atoms with E-state index in [1.54, 1.807) is 6.92 Å². The average Bonchev–Trinajstić information content (AvgIpc) is 2.21. The van der Waals surface area contributed by atoms with Crippen LogP contribution in [0.15, 0.2) is 24.3 Å². The first-order valence-corrected chi connectivity index (χ1v) is 4.97. The van der Waals surface area contributed by atoms with Gasteiger partial charge in [0.2, 0.25) is 0 Å². The first-order valence-electron chi connectivity index (χ1n) is 4.97. The van der Waals surface area contributed by atoms with Crippen molar-refractivity contribution in [3.63, 3.8) is 0 Å². The third-order valence-electron chi connectivity index (χ3n) is 1.98. The van der Waals surface area contributed by atoms with Crippen molar-refractivity contribution in [2.24, 2.45) is 0 Å². The van der Waals surface area contributed by atoms with E-state index in [-0.39, 0.29) is 6.10 Å². The number of carbonyl (C=O) groups is 1. The third kappa shape index (κ3) is 3.21. The number of hydrogen-bond donors (Lipinski definition) is 0. The van der Waals surface area contributed by atoms with Crippen LogP contribution >= 0.6 is 0 Å². The van der Waals surface area contributed by atoms with Gasteiger partial charge < -0.3 is 4.74 Å². The summed E-state index contributed by atoms with van der Waals surface area (Å²) in [5.74, 6) is 0.754. The van der Waals surface area contributed by atoms with Gasteiger partial charge in [-0.15, -0.1) is 0 Å². The fraction of sp³-hybridized carbons (Fsp3) is 0.417. The minimum absolute atomic E-state index is 0.368. The predicted octanol–water partition coefficient (Wildman–Crippen LogP) is 2.61. The van der Waals surface area contributed by atoms with Crippen LogP contribution in [-0.2, 0) is 11.2 Å². The van der Waals surface area contributed by atoms with Crippen LogP contribution in [0.2, 0.25) is 0 Å². The van der Waals surface area contributed by atoms with E-state index in [4.69, 9.17) is 4.74 Å². The fourth-order valence-electron chi connectivity index (χ4n) is 1.27. The van der Waals surface area contributed by atoms with Crippen LogP contribution < -0.4 is 4.74 Å². The van der Waals surface area contributed by atoms with Crippen LogP contribution in [-0.4, -0.2) is 12.4 Å².